The Balaban J connectivity index is 1.94. The first-order valence-corrected chi connectivity index (χ1v) is 8.55. The number of para-hydroxylation sites is 2. The molecule has 130 valence electrons. The summed E-state index contributed by atoms with van der Waals surface area (Å²) in [5.74, 6) is -1.85. The second-order valence-corrected chi connectivity index (χ2v) is 6.27. The number of hydrogen-bond donors (Lipinski definition) is 3. The largest absolute Gasteiger partial charge is 0.666 e. The lowest BCUT2D eigenvalue weighted by molar-refractivity contribution is 0.147. The van der Waals surface area contributed by atoms with Crippen molar-refractivity contribution >= 4 is 7.82 Å². The molecule has 0 saturated carbocycles. The van der Waals surface area contributed by atoms with E-state index in [-0.39, 0.29) is 11.5 Å². The molecule has 2 aromatic carbocycles. The van der Waals surface area contributed by atoms with E-state index in [1.807, 2.05) is 0 Å². The molecule has 0 unspecified atom stereocenters. The average Bonchev–Trinajstić information content (AvgIpc) is 2.82. The lowest BCUT2D eigenvalue weighted by atomic mass is 10.3. The molecule has 0 amide bonds. The minimum Gasteiger partial charge on any atom is -0.503 e. The second-order valence-electron chi connectivity index (χ2n) is 4.84. The van der Waals surface area contributed by atoms with Crippen LogP contribution in [-0.2, 0) is 4.57 Å². The van der Waals surface area contributed by atoms with Crippen molar-refractivity contribution < 1.29 is 33.6 Å². The van der Waals surface area contributed by atoms with Gasteiger partial charge in [0.25, 0.3) is 5.88 Å². The molecule has 3 N–H and O–H groups in total. The van der Waals surface area contributed by atoms with Gasteiger partial charge in [-0.2, -0.15) is 4.57 Å². The van der Waals surface area contributed by atoms with Crippen molar-refractivity contribution in [1.82, 2.24) is 4.73 Å². The second kappa shape index (κ2) is 6.70. The van der Waals surface area contributed by atoms with E-state index in [0.29, 0.717) is 4.73 Å². The highest BCUT2D eigenvalue weighted by Gasteiger charge is 2.36. The zero-order valence-corrected chi connectivity index (χ0v) is 13.6. The summed E-state index contributed by atoms with van der Waals surface area (Å²) in [5.41, 5.74) is 0. The molecule has 25 heavy (non-hydrogen) atoms. The first-order valence-electron chi connectivity index (χ1n) is 7.09. The molecule has 0 spiro atoms. The Bertz CT molecular complexity index is 850. The Labute approximate surface area is 142 Å². The highest BCUT2D eigenvalue weighted by Crippen LogP contribution is 2.49. The third-order valence-corrected chi connectivity index (χ3v) is 4.23. The molecule has 0 saturated heterocycles. The number of phosphoric acid groups is 1. The van der Waals surface area contributed by atoms with E-state index in [0.717, 1.165) is 6.07 Å². The maximum atomic E-state index is 13.0. The molecule has 0 fully saturated rings. The number of phosphoric ester groups is 1. The fourth-order valence-electron chi connectivity index (χ4n) is 1.91. The first-order chi connectivity index (χ1) is 12.0. The van der Waals surface area contributed by atoms with E-state index < -0.39 is 25.3 Å². The number of rotatable bonds is 6. The fourth-order valence-corrected chi connectivity index (χ4v) is 3.14. The van der Waals surface area contributed by atoms with Crippen molar-refractivity contribution in [2.24, 2.45) is 0 Å². The van der Waals surface area contributed by atoms with Gasteiger partial charge in [-0.1, -0.05) is 41.1 Å². The third kappa shape index (κ3) is 3.81. The number of benzene rings is 2. The van der Waals surface area contributed by atoms with Crippen molar-refractivity contribution in [3.8, 4) is 29.0 Å². The molecule has 8 nitrogen and oxygen atoms in total. The van der Waals surface area contributed by atoms with Crippen molar-refractivity contribution in [2.75, 3.05) is 0 Å². The standard InChI is InChI=1S/C16H14NO7P/c18-14-11-15(19)17(16(14)20)24-25(21,22-12-7-3-1-4-8-12)23-13-9-5-2-6-10-13/h1-11,18-20H. The summed E-state index contributed by atoms with van der Waals surface area (Å²) < 4.78 is 29.1. The SMILES string of the molecule is O=P(Oc1ccccc1)(Oc1ccccc1)On1c(O)cc(O)c1O. The number of aromatic hydroxyl groups is 3. The summed E-state index contributed by atoms with van der Waals surface area (Å²) in [6, 6.07) is 17.0. The molecule has 9 heteroatoms. The molecule has 0 aliphatic heterocycles. The van der Waals surface area contributed by atoms with Crippen molar-refractivity contribution in [2.45, 2.75) is 0 Å². The van der Waals surface area contributed by atoms with Crippen LogP contribution >= 0.6 is 7.82 Å². The molecular formula is C16H14NO7P. The Morgan fingerprint density at radius 2 is 1.28 bits per heavy atom. The van der Waals surface area contributed by atoms with Crippen molar-refractivity contribution in [3.63, 3.8) is 0 Å². The maximum absolute atomic E-state index is 13.0. The van der Waals surface area contributed by atoms with Gasteiger partial charge in [-0.05, 0) is 24.3 Å². The normalized spacial score (nSPS) is 11.0. The van der Waals surface area contributed by atoms with Gasteiger partial charge in [0.1, 0.15) is 11.5 Å². The smallest absolute Gasteiger partial charge is 0.503 e. The molecule has 3 rings (SSSR count). The summed E-state index contributed by atoms with van der Waals surface area (Å²) in [7, 11) is -4.39. The minimum absolute atomic E-state index is 0.178. The van der Waals surface area contributed by atoms with Crippen LogP contribution in [0.5, 0.6) is 29.0 Å². The third-order valence-electron chi connectivity index (χ3n) is 3.00. The van der Waals surface area contributed by atoms with Crippen molar-refractivity contribution in [1.29, 1.82) is 0 Å². The van der Waals surface area contributed by atoms with Crippen LogP contribution in [0.1, 0.15) is 0 Å². The molecule has 0 atom stereocenters. The van der Waals surface area contributed by atoms with Gasteiger partial charge in [0.15, 0.2) is 5.75 Å². The molecule has 0 radical (unpaired) electrons. The van der Waals surface area contributed by atoms with Gasteiger partial charge in [-0.25, -0.2) is 0 Å². The quantitative estimate of drug-likeness (QED) is 0.576. The minimum atomic E-state index is -4.39. The first kappa shape index (κ1) is 16.6. The van der Waals surface area contributed by atoms with Crippen LogP contribution in [0.3, 0.4) is 0 Å². The summed E-state index contributed by atoms with van der Waals surface area (Å²) >= 11 is 0. The highest BCUT2D eigenvalue weighted by molar-refractivity contribution is 7.49. The van der Waals surface area contributed by atoms with Crippen LogP contribution in [-0.4, -0.2) is 20.0 Å². The molecular weight excluding hydrogens is 349 g/mol. The Morgan fingerprint density at radius 1 is 0.800 bits per heavy atom. The number of hydrogen-bond acceptors (Lipinski definition) is 7. The van der Waals surface area contributed by atoms with E-state index in [9.17, 15) is 19.9 Å². The lowest BCUT2D eigenvalue weighted by Crippen LogP contribution is -2.15. The van der Waals surface area contributed by atoms with E-state index in [1.165, 1.54) is 24.3 Å². The van der Waals surface area contributed by atoms with E-state index in [2.05, 4.69) is 0 Å². The van der Waals surface area contributed by atoms with Gasteiger partial charge in [0.2, 0.25) is 5.88 Å². The van der Waals surface area contributed by atoms with Gasteiger partial charge in [0.05, 0.1) is 0 Å². The monoisotopic (exact) mass is 363 g/mol. The van der Waals surface area contributed by atoms with E-state index in [4.69, 9.17) is 13.7 Å². The average molecular weight is 363 g/mol. The lowest BCUT2D eigenvalue weighted by Gasteiger charge is -2.19. The van der Waals surface area contributed by atoms with E-state index >= 15 is 0 Å². The molecule has 1 heterocycles. The van der Waals surface area contributed by atoms with Gasteiger partial charge in [-0.3, -0.25) is 4.62 Å². The van der Waals surface area contributed by atoms with Gasteiger partial charge < -0.3 is 24.4 Å². The summed E-state index contributed by atoms with van der Waals surface area (Å²) in [6.07, 6.45) is 0. The van der Waals surface area contributed by atoms with Gasteiger partial charge in [0, 0.05) is 6.07 Å². The number of aromatic nitrogens is 1. The van der Waals surface area contributed by atoms with Gasteiger partial charge >= 0.3 is 7.82 Å². The molecule has 3 aromatic rings. The predicted molar refractivity (Wildman–Crippen MR) is 87.8 cm³/mol. The molecule has 0 aliphatic rings. The Kier molecular flexibility index (Phi) is 4.45. The molecule has 0 aliphatic carbocycles. The van der Waals surface area contributed by atoms with Crippen molar-refractivity contribution in [3.05, 3.63) is 66.7 Å². The van der Waals surface area contributed by atoms with Crippen LogP contribution in [0.15, 0.2) is 66.7 Å². The molecule has 1 aromatic heterocycles. The summed E-state index contributed by atoms with van der Waals surface area (Å²) in [5, 5.41) is 28.8. The maximum Gasteiger partial charge on any atom is 0.666 e. The zero-order valence-electron chi connectivity index (χ0n) is 12.7. The topological polar surface area (TPSA) is 110 Å². The van der Waals surface area contributed by atoms with Crippen LogP contribution in [0.25, 0.3) is 0 Å². The number of nitrogens with zero attached hydrogens (tertiary/aromatic N) is 1. The van der Waals surface area contributed by atoms with Crippen LogP contribution in [0.4, 0.5) is 0 Å². The Morgan fingerprint density at radius 3 is 1.68 bits per heavy atom. The van der Waals surface area contributed by atoms with E-state index in [1.54, 1.807) is 36.4 Å². The van der Waals surface area contributed by atoms with Gasteiger partial charge in [-0.15, -0.1) is 0 Å². The van der Waals surface area contributed by atoms with Crippen LogP contribution < -0.4 is 13.7 Å². The Hall–Kier alpha value is -3.25. The van der Waals surface area contributed by atoms with Crippen LogP contribution in [0.2, 0.25) is 0 Å². The fraction of sp³-hybridized carbons (Fsp3) is 0. The predicted octanol–water partition coefficient (Wildman–Crippen LogP) is 3.30. The van der Waals surface area contributed by atoms with Crippen LogP contribution in [0, 0.1) is 0 Å². The highest BCUT2D eigenvalue weighted by atomic mass is 31.2. The summed E-state index contributed by atoms with van der Waals surface area (Å²) in [4.78, 5) is 0. The summed E-state index contributed by atoms with van der Waals surface area (Å²) in [6.45, 7) is 0. The molecule has 0 bridgehead atoms. The zero-order chi connectivity index (χ0) is 17.9.